The van der Waals surface area contributed by atoms with E-state index in [0.717, 1.165) is 42.3 Å². The number of benzene rings is 1. The molecule has 4 nitrogen and oxygen atoms in total. The number of para-hydroxylation sites is 1. The first-order valence-corrected chi connectivity index (χ1v) is 7.05. The van der Waals surface area contributed by atoms with E-state index in [0.29, 0.717) is 0 Å². The zero-order valence-electron chi connectivity index (χ0n) is 12.2. The average molecular weight is 274 g/mol. The standard InChI is InChI=1S/C16H22N2O2/c1-17(10-6-3-7-11-19)16(20)14-12-18(2)15-9-5-4-8-13(14)15/h4-5,8-9,12,19H,3,6-7,10-11H2,1-2H3. The molecule has 0 aliphatic carbocycles. The van der Waals surface area contributed by atoms with Crippen molar-refractivity contribution in [2.45, 2.75) is 19.3 Å². The van der Waals surface area contributed by atoms with Gasteiger partial charge < -0.3 is 14.6 Å². The molecule has 0 radical (unpaired) electrons. The third kappa shape index (κ3) is 3.02. The van der Waals surface area contributed by atoms with Gasteiger partial charge in [0.25, 0.3) is 5.91 Å². The molecule has 0 spiro atoms. The number of nitrogens with zero attached hydrogens (tertiary/aromatic N) is 2. The highest BCUT2D eigenvalue weighted by Gasteiger charge is 2.16. The monoisotopic (exact) mass is 274 g/mol. The molecule has 2 aromatic rings. The highest BCUT2D eigenvalue weighted by atomic mass is 16.2. The van der Waals surface area contributed by atoms with Crippen molar-refractivity contribution in [3.63, 3.8) is 0 Å². The van der Waals surface area contributed by atoms with Crippen LogP contribution in [-0.4, -0.2) is 40.7 Å². The molecule has 1 heterocycles. The largest absolute Gasteiger partial charge is 0.396 e. The predicted octanol–water partition coefficient (Wildman–Crippen LogP) is 2.41. The number of hydrogen-bond donors (Lipinski definition) is 1. The summed E-state index contributed by atoms with van der Waals surface area (Å²) in [6, 6.07) is 7.95. The van der Waals surface area contributed by atoms with Gasteiger partial charge in [-0.3, -0.25) is 4.79 Å². The maximum Gasteiger partial charge on any atom is 0.255 e. The van der Waals surface area contributed by atoms with Crippen molar-refractivity contribution in [3.05, 3.63) is 36.0 Å². The van der Waals surface area contributed by atoms with E-state index < -0.39 is 0 Å². The fourth-order valence-electron chi connectivity index (χ4n) is 2.46. The van der Waals surface area contributed by atoms with Crippen LogP contribution >= 0.6 is 0 Å². The summed E-state index contributed by atoms with van der Waals surface area (Å²) in [5, 5.41) is 9.76. The third-order valence-corrected chi connectivity index (χ3v) is 3.63. The molecule has 0 fully saturated rings. The smallest absolute Gasteiger partial charge is 0.255 e. The van der Waals surface area contributed by atoms with E-state index in [9.17, 15) is 4.79 Å². The average Bonchev–Trinajstić information content (AvgIpc) is 2.80. The molecule has 0 aliphatic rings. The van der Waals surface area contributed by atoms with E-state index in [4.69, 9.17) is 5.11 Å². The number of carbonyl (C=O) groups excluding carboxylic acids is 1. The van der Waals surface area contributed by atoms with Gasteiger partial charge in [-0.2, -0.15) is 0 Å². The lowest BCUT2D eigenvalue weighted by Gasteiger charge is -2.16. The Bertz CT molecular complexity index is 589. The van der Waals surface area contributed by atoms with Crippen LogP contribution in [0.4, 0.5) is 0 Å². The van der Waals surface area contributed by atoms with E-state index in [-0.39, 0.29) is 12.5 Å². The molecule has 1 aromatic carbocycles. The van der Waals surface area contributed by atoms with Crippen LogP contribution in [0, 0.1) is 0 Å². The fraction of sp³-hybridized carbons (Fsp3) is 0.438. The minimum Gasteiger partial charge on any atom is -0.396 e. The van der Waals surface area contributed by atoms with Crippen molar-refractivity contribution in [2.24, 2.45) is 7.05 Å². The molecule has 0 aliphatic heterocycles. The lowest BCUT2D eigenvalue weighted by molar-refractivity contribution is 0.0794. The van der Waals surface area contributed by atoms with Crippen LogP contribution in [0.2, 0.25) is 0 Å². The van der Waals surface area contributed by atoms with Gasteiger partial charge in [-0.25, -0.2) is 0 Å². The van der Waals surface area contributed by atoms with Gasteiger partial charge in [-0.15, -0.1) is 0 Å². The summed E-state index contributed by atoms with van der Waals surface area (Å²) in [6.07, 6.45) is 4.57. The van der Waals surface area contributed by atoms with E-state index in [2.05, 4.69) is 0 Å². The van der Waals surface area contributed by atoms with Gasteiger partial charge in [0.15, 0.2) is 0 Å². The van der Waals surface area contributed by atoms with Gasteiger partial charge in [0, 0.05) is 44.3 Å². The summed E-state index contributed by atoms with van der Waals surface area (Å²) < 4.78 is 1.99. The quantitative estimate of drug-likeness (QED) is 0.822. The van der Waals surface area contributed by atoms with E-state index in [1.807, 2.05) is 49.1 Å². The second-order valence-electron chi connectivity index (χ2n) is 5.18. The molecule has 0 atom stereocenters. The van der Waals surface area contributed by atoms with Gasteiger partial charge in [-0.05, 0) is 25.3 Å². The first-order chi connectivity index (χ1) is 9.65. The van der Waals surface area contributed by atoms with Crippen molar-refractivity contribution >= 4 is 16.8 Å². The number of amides is 1. The van der Waals surface area contributed by atoms with E-state index in [1.54, 1.807) is 4.90 Å². The molecule has 0 unspecified atom stereocenters. The van der Waals surface area contributed by atoms with Gasteiger partial charge in [0.2, 0.25) is 0 Å². The van der Waals surface area contributed by atoms with Gasteiger partial charge in [0.05, 0.1) is 5.56 Å². The Morgan fingerprint density at radius 3 is 2.75 bits per heavy atom. The number of carbonyl (C=O) groups is 1. The number of aromatic nitrogens is 1. The minimum atomic E-state index is 0.0609. The Morgan fingerprint density at radius 2 is 2.00 bits per heavy atom. The Hall–Kier alpha value is -1.81. The second-order valence-corrected chi connectivity index (χ2v) is 5.18. The molecule has 2 rings (SSSR count). The molecule has 0 saturated carbocycles. The van der Waals surface area contributed by atoms with Crippen LogP contribution in [0.3, 0.4) is 0 Å². The summed E-state index contributed by atoms with van der Waals surface area (Å²) in [4.78, 5) is 14.3. The molecule has 0 saturated heterocycles. The third-order valence-electron chi connectivity index (χ3n) is 3.63. The molecule has 1 amide bonds. The molecule has 1 N–H and O–H groups in total. The van der Waals surface area contributed by atoms with Crippen molar-refractivity contribution in [1.29, 1.82) is 0 Å². The SMILES string of the molecule is CN(CCCCCO)C(=O)c1cn(C)c2ccccc12. The number of hydrogen-bond acceptors (Lipinski definition) is 2. The first kappa shape index (κ1) is 14.6. The van der Waals surface area contributed by atoms with E-state index in [1.165, 1.54) is 0 Å². The van der Waals surface area contributed by atoms with Gasteiger partial charge in [-0.1, -0.05) is 18.2 Å². The van der Waals surface area contributed by atoms with Crippen molar-refractivity contribution in [3.8, 4) is 0 Å². The highest BCUT2D eigenvalue weighted by molar-refractivity contribution is 6.06. The number of unbranched alkanes of at least 4 members (excludes halogenated alkanes) is 2. The zero-order valence-corrected chi connectivity index (χ0v) is 12.2. The summed E-state index contributed by atoms with van der Waals surface area (Å²) in [6.45, 7) is 0.947. The number of aliphatic hydroxyl groups is 1. The number of aliphatic hydroxyl groups excluding tert-OH is 1. The van der Waals surface area contributed by atoms with Crippen molar-refractivity contribution in [2.75, 3.05) is 20.2 Å². The second kappa shape index (κ2) is 6.57. The van der Waals surface area contributed by atoms with Crippen LogP contribution < -0.4 is 0 Å². The molecule has 108 valence electrons. The zero-order chi connectivity index (χ0) is 14.5. The Balaban J connectivity index is 2.11. The van der Waals surface area contributed by atoms with Crippen LogP contribution in [0.5, 0.6) is 0 Å². The molecule has 4 heteroatoms. The molecule has 1 aromatic heterocycles. The van der Waals surface area contributed by atoms with Crippen molar-refractivity contribution < 1.29 is 9.90 Å². The summed E-state index contributed by atoms with van der Waals surface area (Å²) in [5.74, 6) is 0.0609. The highest BCUT2D eigenvalue weighted by Crippen LogP contribution is 2.21. The molecular formula is C16H22N2O2. The Labute approximate surface area is 119 Å². The topological polar surface area (TPSA) is 45.5 Å². The summed E-state index contributed by atoms with van der Waals surface area (Å²) in [7, 11) is 3.80. The van der Waals surface area contributed by atoms with E-state index >= 15 is 0 Å². The molecule has 0 bridgehead atoms. The molecule has 20 heavy (non-hydrogen) atoms. The summed E-state index contributed by atoms with van der Waals surface area (Å²) >= 11 is 0. The van der Waals surface area contributed by atoms with Gasteiger partial charge >= 0.3 is 0 Å². The number of aryl methyl sites for hydroxylation is 1. The maximum atomic E-state index is 12.5. The Kier molecular flexibility index (Phi) is 4.79. The van der Waals surface area contributed by atoms with Crippen LogP contribution in [-0.2, 0) is 7.05 Å². The van der Waals surface area contributed by atoms with Crippen LogP contribution in [0.25, 0.3) is 10.9 Å². The van der Waals surface area contributed by atoms with Crippen LogP contribution in [0.1, 0.15) is 29.6 Å². The maximum absolute atomic E-state index is 12.5. The molecular weight excluding hydrogens is 252 g/mol. The first-order valence-electron chi connectivity index (χ1n) is 7.05. The number of fused-ring (bicyclic) bond motifs is 1. The minimum absolute atomic E-state index is 0.0609. The number of rotatable bonds is 6. The lowest BCUT2D eigenvalue weighted by atomic mass is 10.1. The Morgan fingerprint density at radius 1 is 1.25 bits per heavy atom. The van der Waals surface area contributed by atoms with Crippen LogP contribution in [0.15, 0.2) is 30.5 Å². The lowest BCUT2D eigenvalue weighted by Crippen LogP contribution is -2.27. The van der Waals surface area contributed by atoms with Crippen molar-refractivity contribution in [1.82, 2.24) is 9.47 Å². The fourth-order valence-corrected chi connectivity index (χ4v) is 2.46. The normalized spacial score (nSPS) is 10.9. The van der Waals surface area contributed by atoms with Gasteiger partial charge in [0.1, 0.15) is 0 Å². The summed E-state index contributed by atoms with van der Waals surface area (Å²) in [5.41, 5.74) is 1.83. The predicted molar refractivity (Wildman–Crippen MR) is 80.8 cm³/mol.